The fraction of sp³-hybridized carbons (Fsp3) is 0.556. The number of nitrogens with one attached hydrogen (secondary N) is 1. The summed E-state index contributed by atoms with van der Waals surface area (Å²) in [7, 11) is 3.48. The van der Waals surface area contributed by atoms with Gasteiger partial charge in [-0.15, -0.1) is 24.0 Å². The predicted molar refractivity (Wildman–Crippen MR) is 111 cm³/mol. The number of carbonyl (C=O) groups is 1. The third-order valence-electron chi connectivity index (χ3n) is 4.57. The highest BCUT2D eigenvalue weighted by atomic mass is 127. The molecular weight excluding hydrogens is 447 g/mol. The molecule has 2 heterocycles. The van der Waals surface area contributed by atoms with Gasteiger partial charge in [-0.1, -0.05) is 18.2 Å². The summed E-state index contributed by atoms with van der Waals surface area (Å²) in [4.78, 5) is 17.9. The van der Waals surface area contributed by atoms with Crippen LogP contribution in [0.15, 0.2) is 29.3 Å². The SMILES string of the molecule is CN(C)C(=O)C1CCC(CN=C(N)NC2CCOc3ccccc32)O1.I. The second-order valence-corrected chi connectivity index (χ2v) is 6.65. The first-order valence-corrected chi connectivity index (χ1v) is 8.69. The molecule has 3 unspecified atom stereocenters. The van der Waals surface area contributed by atoms with Crippen LogP contribution in [0.5, 0.6) is 5.75 Å². The van der Waals surface area contributed by atoms with Gasteiger partial charge in [-0.05, 0) is 18.9 Å². The highest BCUT2D eigenvalue weighted by molar-refractivity contribution is 14.0. The van der Waals surface area contributed by atoms with Crippen LogP contribution in [0, 0.1) is 0 Å². The molecule has 144 valence electrons. The highest BCUT2D eigenvalue weighted by Gasteiger charge is 2.31. The zero-order chi connectivity index (χ0) is 17.8. The van der Waals surface area contributed by atoms with Gasteiger partial charge in [0.05, 0.1) is 25.3 Å². The van der Waals surface area contributed by atoms with Crippen LogP contribution < -0.4 is 15.8 Å². The van der Waals surface area contributed by atoms with Gasteiger partial charge in [-0.2, -0.15) is 0 Å². The number of nitrogens with zero attached hydrogens (tertiary/aromatic N) is 2. The molecule has 0 saturated carbocycles. The number of rotatable bonds is 4. The Balaban J connectivity index is 0.00000243. The lowest BCUT2D eigenvalue weighted by atomic mass is 10.0. The summed E-state index contributed by atoms with van der Waals surface area (Å²) in [5.74, 6) is 1.30. The maximum Gasteiger partial charge on any atom is 0.251 e. The van der Waals surface area contributed by atoms with Crippen molar-refractivity contribution in [1.29, 1.82) is 0 Å². The number of hydrogen-bond donors (Lipinski definition) is 2. The fourth-order valence-electron chi connectivity index (χ4n) is 3.23. The normalized spacial score (nSPS) is 24.8. The Bertz CT molecular complexity index is 653. The average Bonchev–Trinajstić information content (AvgIpc) is 3.08. The maximum absolute atomic E-state index is 11.9. The van der Waals surface area contributed by atoms with Crippen molar-refractivity contribution in [2.75, 3.05) is 27.2 Å². The fourth-order valence-corrected chi connectivity index (χ4v) is 3.23. The van der Waals surface area contributed by atoms with Crippen molar-refractivity contribution in [2.45, 2.75) is 37.5 Å². The number of carbonyl (C=O) groups excluding carboxylic acids is 1. The van der Waals surface area contributed by atoms with Crippen LogP contribution in [-0.4, -0.2) is 56.2 Å². The number of hydrogen-bond acceptors (Lipinski definition) is 4. The van der Waals surface area contributed by atoms with Crippen LogP contribution in [0.1, 0.15) is 30.9 Å². The summed E-state index contributed by atoms with van der Waals surface area (Å²) in [6, 6.07) is 8.05. The Labute approximate surface area is 171 Å². The van der Waals surface area contributed by atoms with Crippen molar-refractivity contribution >= 4 is 35.8 Å². The molecule has 3 rings (SSSR count). The van der Waals surface area contributed by atoms with Crippen LogP contribution in [0.2, 0.25) is 0 Å². The summed E-state index contributed by atoms with van der Waals surface area (Å²) in [5.41, 5.74) is 7.15. The molecule has 8 heteroatoms. The number of para-hydroxylation sites is 1. The predicted octanol–water partition coefficient (Wildman–Crippen LogP) is 1.67. The van der Waals surface area contributed by atoms with E-state index in [1.165, 1.54) is 0 Å². The molecule has 1 fully saturated rings. The number of fused-ring (bicyclic) bond motifs is 1. The molecule has 0 radical (unpaired) electrons. The number of aliphatic imine (C=N–C) groups is 1. The number of guanidine groups is 1. The Morgan fingerprint density at radius 1 is 1.31 bits per heavy atom. The van der Waals surface area contributed by atoms with Crippen molar-refractivity contribution in [2.24, 2.45) is 10.7 Å². The van der Waals surface area contributed by atoms with Crippen LogP contribution in [0.3, 0.4) is 0 Å². The molecule has 1 aromatic carbocycles. The second-order valence-electron chi connectivity index (χ2n) is 6.65. The summed E-state index contributed by atoms with van der Waals surface area (Å²) in [6.45, 7) is 1.11. The molecule has 3 N–H and O–H groups in total. The van der Waals surface area contributed by atoms with Crippen molar-refractivity contribution in [1.82, 2.24) is 10.2 Å². The largest absolute Gasteiger partial charge is 0.493 e. The van der Waals surface area contributed by atoms with Gasteiger partial charge in [0.2, 0.25) is 0 Å². The standard InChI is InChI=1S/C18H26N4O3.HI/c1-22(2)17(23)16-8-7-12(25-16)11-20-18(19)21-14-9-10-24-15-6-4-3-5-13(14)15;/h3-6,12,14,16H,7-11H2,1-2H3,(H3,19,20,21);1H. The van der Waals surface area contributed by atoms with Gasteiger partial charge in [-0.25, -0.2) is 0 Å². The van der Waals surface area contributed by atoms with Crippen LogP contribution in [0.4, 0.5) is 0 Å². The van der Waals surface area contributed by atoms with E-state index >= 15 is 0 Å². The van der Waals surface area contributed by atoms with Gasteiger partial charge >= 0.3 is 0 Å². The first-order valence-electron chi connectivity index (χ1n) is 8.69. The molecule has 7 nitrogen and oxygen atoms in total. The smallest absolute Gasteiger partial charge is 0.251 e. The molecule has 0 aromatic heterocycles. The average molecular weight is 474 g/mol. The quantitative estimate of drug-likeness (QED) is 0.394. The minimum Gasteiger partial charge on any atom is -0.493 e. The number of likely N-dealkylation sites (N-methyl/N-ethyl adjacent to an activating group) is 1. The maximum atomic E-state index is 11.9. The third kappa shape index (κ3) is 5.00. The number of halogens is 1. The van der Waals surface area contributed by atoms with E-state index in [1.54, 1.807) is 19.0 Å². The molecule has 2 aliphatic heterocycles. The molecule has 26 heavy (non-hydrogen) atoms. The Morgan fingerprint density at radius 2 is 2.08 bits per heavy atom. The molecule has 0 aliphatic carbocycles. The lowest BCUT2D eigenvalue weighted by Crippen LogP contribution is -2.38. The van der Waals surface area contributed by atoms with Crippen LogP contribution >= 0.6 is 24.0 Å². The van der Waals surface area contributed by atoms with Gasteiger partial charge in [-0.3, -0.25) is 9.79 Å². The van der Waals surface area contributed by atoms with E-state index in [4.69, 9.17) is 15.2 Å². The van der Waals surface area contributed by atoms with E-state index in [0.29, 0.717) is 19.1 Å². The second kappa shape index (κ2) is 9.40. The third-order valence-corrected chi connectivity index (χ3v) is 4.57. The topological polar surface area (TPSA) is 89.2 Å². The summed E-state index contributed by atoms with van der Waals surface area (Å²) < 4.78 is 11.4. The first kappa shape index (κ1) is 20.8. The number of ether oxygens (including phenoxy) is 2. The van der Waals surface area contributed by atoms with E-state index in [9.17, 15) is 4.79 Å². The molecule has 1 amide bonds. The van der Waals surface area contributed by atoms with E-state index < -0.39 is 0 Å². The van der Waals surface area contributed by atoms with Crippen molar-refractivity contribution in [3.05, 3.63) is 29.8 Å². The van der Waals surface area contributed by atoms with E-state index in [1.807, 2.05) is 24.3 Å². The minimum atomic E-state index is -0.355. The molecule has 0 spiro atoms. The van der Waals surface area contributed by atoms with Gasteiger partial charge in [0.25, 0.3) is 5.91 Å². The Kier molecular flexibility index (Phi) is 7.51. The summed E-state index contributed by atoms with van der Waals surface area (Å²) >= 11 is 0. The zero-order valence-electron chi connectivity index (χ0n) is 15.2. The molecule has 1 saturated heterocycles. The Morgan fingerprint density at radius 3 is 2.85 bits per heavy atom. The molecule has 3 atom stereocenters. The van der Waals surface area contributed by atoms with Crippen molar-refractivity contribution in [3.63, 3.8) is 0 Å². The van der Waals surface area contributed by atoms with Gasteiger partial charge in [0.15, 0.2) is 5.96 Å². The van der Waals surface area contributed by atoms with E-state index in [-0.39, 0.29) is 48.1 Å². The molecular formula is C18H27IN4O3. The molecule has 2 aliphatic rings. The lowest BCUT2D eigenvalue weighted by Gasteiger charge is -2.27. The van der Waals surface area contributed by atoms with Crippen LogP contribution in [0.25, 0.3) is 0 Å². The van der Waals surface area contributed by atoms with E-state index in [2.05, 4.69) is 10.3 Å². The lowest BCUT2D eigenvalue weighted by molar-refractivity contribution is -0.140. The van der Waals surface area contributed by atoms with Crippen molar-refractivity contribution < 1.29 is 14.3 Å². The monoisotopic (exact) mass is 474 g/mol. The zero-order valence-corrected chi connectivity index (χ0v) is 17.5. The highest BCUT2D eigenvalue weighted by Crippen LogP contribution is 2.31. The number of amides is 1. The number of nitrogens with two attached hydrogens (primary N) is 1. The summed E-state index contributed by atoms with van der Waals surface area (Å²) in [6.07, 6.45) is 1.98. The molecule has 0 bridgehead atoms. The number of benzene rings is 1. The molecule has 1 aromatic rings. The van der Waals surface area contributed by atoms with Gasteiger partial charge in [0, 0.05) is 26.1 Å². The first-order chi connectivity index (χ1) is 12.0. The van der Waals surface area contributed by atoms with Gasteiger partial charge < -0.3 is 25.4 Å². The van der Waals surface area contributed by atoms with Crippen molar-refractivity contribution in [3.8, 4) is 5.75 Å². The van der Waals surface area contributed by atoms with Crippen LogP contribution in [-0.2, 0) is 9.53 Å². The van der Waals surface area contributed by atoms with E-state index in [0.717, 1.165) is 30.6 Å². The van der Waals surface area contributed by atoms with Gasteiger partial charge in [0.1, 0.15) is 11.9 Å². The minimum absolute atomic E-state index is 0. The Hall–Kier alpha value is -1.55. The summed E-state index contributed by atoms with van der Waals surface area (Å²) in [5, 5.41) is 3.27.